The minimum absolute atomic E-state index is 0.0276. The summed E-state index contributed by atoms with van der Waals surface area (Å²) in [4.78, 5) is 40.7. The van der Waals surface area contributed by atoms with Gasteiger partial charge in [-0.15, -0.1) is 0 Å². The van der Waals surface area contributed by atoms with E-state index in [0.717, 1.165) is 11.1 Å². The summed E-state index contributed by atoms with van der Waals surface area (Å²) in [6.07, 6.45) is 0.103. The highest BCUT2D eigenvalue weighted by molar-refractivity contribution is 6.01. The van der Waals surface area contributed by atoms with Crippen molar-refractivity contribution >= 4 is 18.0 Å². The van der Waals surface area contributed by atoms with Crippen molar-refractivity contribution in [1.29, 1.82) is 0 Å². The smallest absolute Gasteiger partial charge is 0.410 e. The first-order chi connectivity index (χ1) is 15.7. The van der Waals surface area contributed by atoms with Gasteiger partial charge >= 0.3 is 18.0 Å². The highest BCUT2D eigenvalue weighted by atomic mass is 16.6. The van der Waals surface area contributed by atoms with Gasteiger partial charge in [-0.05, 0) is 44.7 Å². The predicted octanol–water partition coefficient (Wildman–Crippen LogP) is 4.49. The molecule has 2 aromatic carbocycles. The van der Waals surface area contributed by atoms with Gasteiger partial charge in [-0.1, -0.05) is 60.7 Å². The van der Waals surface area contributed by atoms with Gasteiger partial charge in [0.05, 0.1) is 6.54 Å². The minimum Gasteiger partial charge on any atom is -0.460 e. The number of rotatable bonds is 6. The van der Waals surface area contributed by atoms with Gasteiger partial charge < -0.3 is 19.1 Å². The fourth-order valence-electron chi connectivity index (χ4n) is 3.68. The van der Waals surface area contributed by atoms with Gasteiger partial charge in [-0.2, -0.15) is 0 Å². The number of benzene rings is 2. The summed E-state index contributed by atoms with van der Waals surface area (Å²) in [6, 6.07) is 18.5. The van der Waals surface area contributed by atoms with Gasteiger partial charge in [0.1, 0.15) is 18.8 Å². The summed E-state index contributed by atoms with van der Waals surface area (Å²) in [7, 11) is 0. The fraction of sp³-hybridized carbons (Fsp3) is 0.423. The lowest BCUT2D eigenvalue weighted by Crippen LogP contribution is -2.55. The molecule has 33 heavy (non-hydrogen) atoms. The van der Waals surface area contributed by atoms with Crippen molar-refractivity contribution in [2.75, 3.05) is 13.1 Å². The third-order valence-electron chi connectivity index (χ3n) is 5.35. The molecule has 1 aliphatic heterocycles. The molecule has 1 aliphatic rings. The van der Waals surface area contributed by atoms with Crippen LogP contribution < -0.4 is 0 Å². The predicted molar refractivity (Wildman–Crippen MR) is 122 cm³/mol. The Kier molecular flexibility index (Phi) is 7.74. The van der Waals surface area contributed by atoms with Crippen LogP contribution in [0.15, 0.2) is 60.7 Å². The van der Waals surface area contributed by atoms with Crippen molar-refractivity contribution in [3.8, 4) is 0 Å². The number of hydrogen-bond acceptors (Lipinski definition) is 6. The summed E-state index contributed by atoms with van der Waals surface area (Å²) in [5.41, 5.74) is -0.700. The Morgan fingerprint density at radius 2 is 1.33 bits per heavy atom. The van der Waals surface area contributed by atoms with E-state index in [4.69, 9.17) is 14.2 Å². The van der Waals surface area contributed by atoms with Gasteiger partial charge in [-0.25, -0.2) is 4.79 Å². The summed E-state index contributed by atoms with van der Waals surface area (Å²) in [5, 5.41) is 0. The van der Waals surface area contributed by atoms with Crippen molar-refractivity contribution < 1.29 is 28.6 Å². The molecule has 176 valence electrons. The van der Waals surface area contributed by atoms with E-state index in [9.17, 15) is 14.4 Å². The van der Waals surface area contributed by atoms with Crippen LogP contribution in [0, 0.1) is 5.41 Å². The van der Waals surface area contributed by atoms with E-state index in [2.05, 4.69) is 0 Å². The van der Waals surface area contributed by atoms with Crippen LogP contribution in [-0.4, -0.2) is 41.6 Å². The second-order valence-electron chi connectivity index (χ2n) is 9.21. The first-order valence-electron chi connectivity index (χ1n) is 11.1. The normalized spacial score (nSPS) is 15.4. The molecule has 1 fully saturated rings. The molecule has 3 rings (SSSR count). The fourth-order valence-corrected chi connectivity index (χ4v) is 3.68. The topological polar surface area (TPSA) is 82.1 Å². The SMILES string of the molecule is CC(C)(C)OC(=O)N1CCCC(C(=O)OCc2ccccc2)(C(=O)OCc2ccccc2)C1. The average molecular weight is 454 g/mol. The maximum atomic E-state index is 13.3. The quantitative estimate of drug-likeness (QED) is 0.364. The molecule has 0 spiro atoms. The maximum Gasteiger partial charge on any atom is 0.410 e. The maximum absolute atomic E-state index is 13.3. The molecule has 0 aromatic heterocycles. The largest absolute Gasteiger partial charge is 0.460 e. The van der Waals surface area contributed by atoms with Gasteiger partial charge in [0, 0.05) is 6.54 Å². The second-order valence-corrected chi connectivity index (χ2v) is 9.21. The highest BCUT2D eigenvalue weighted by Crippen LogP contribution is 2.34. The Bertz CT molecular complexity index is 896. The Balaban J connectivity index is 1.79. The van der Waals surface area contributed by atoms with E-state index in [-0.39, 0.29) is 26.2 Å². The van der Waals surface area contributed by atoms with E-state index < -0.39 is 29.0 Å². The van der Waals surface area contributed by atoms with Crippen molar-refractivity contribution in [3.63, 3.8) is 0 Å². The van der Waals surface area contributed by atoms with Crippen molar-refractivity contribution in [2.24, 2.45) is 5.41 Å². The molecular formula is C26H31NO6. The zero-order chi connectivity index (χ0) is 23.9. The molecule has 0 aliphatic carbocycles. The van der Waals surface area contributed by atoms with E-state index in [1.54, 1.807) is 20.8 Å². The molecule has 1 amide bonds. The van der Waals surface area contributed by atoms with Crippen LogP contribution in [-0.2, 0) is 37.0 Å². The van der Waals surface area contributed by atoms with Gasteiger partial charge in [0.15, 0.2) is 5.41 Å². The molecule has 7 nitrogen and oxygen atoms in total. The molecule has 0 atom stereocenters. The molecule has 7 heteroatoms. The highest BCUT2D eigenvalue weighted by Gasteiger charge is 2.53. The lowest BCUT2D eigenvalue weighted by molar-refractivity contribution is -0.178. The summed E-state index contributed by atoms with van der Waals surface area (Å²) in [6.45, 7) is 5.59. The first kappa shape index (κ1) is 24.3. The number of nitrogens with zero attached hydrogens (tertiary/aromatic N) is 1. The van der Waals surface area contributed by atoms with Crippen LogP contribution >= 0.6 is 0 Å². The second kappa shape index (κ2) is 10.5. The van der Waals surface area contributed by atoms with Crippen LogP contribution in [0.5, 0.6) is 0 Å². The summed E-state index contributed by atoms with van der Waals surface area (Å²) in [5.74, 6) is -1.39. The average Bonchev–Trinajstić information content (AvgIpc) is 2.81. The molecule has 0 saturated carbocycles. The van der Waals surface area contributed by atoms with Crippen LogP contribution in [0.3, 0.4) is 0 Å². The number of carbonyl (C=O) groups is 3. The van der Waals surface area contributed by atoms with E-state index in [0.29, 0.717) is 13.0 Å². The first-order valence-corrected chi connectivity index (χ1v) is 11.1. The van der Waals surface area contributed by atoms with Crippen LogP contribution in [0.4, 0.5) is 4.79 Å². The number of amides is 1. The number of likely N-dealkylation sites (tertiary alicyclic amines) is 1. The standard InChI is InChI=1S/C26H31NO6/c1-25(2,3)33-24(30)27-16-10-15-26(19-27,22(28)31-17-20-11-6-4-7-12-20)23(29)32-18-21-13-8-5-9-14-21/h4-9,11-14H,10,15-19H2,1-3H3. The number of piperidine rings is 1. The van der Waals surface area contributed by atoms with Gasteiger partial charge in [0.25, 0.3) is 0 Å². The van der Waals surface area contributed by atoms with E-state index >= 15 is 0 Å². The van der Waals surface area contributed by atoms with Crippen molar-refractivity contribution in [1.82, 2.24) is 4.90 Å². The molecule has 1 heterocycles. The van der Waals surface area contributed by atoms with E-state index in [1.807, 2.05) is 60.7 Å². The molecule has 0 N–H and O–H groups in total. The molecule has 0 bridgehead atoms. The molecule has 0 radical (unpaired) electrons. The number of esters is 2. The molecule has 2 aromatic rings. The zero-order valence-electron chi connectivity index (χ0n) is 19.4. The lowest BCUT2D eigenvalue weighted by atomic mass is 9.80. The summed E-state index contributed by atoms with van der Waals surface area (Å²) < 4.78 is 16.6. The number of hydrogen-bond donors (Lipinski definition) is 0. The third kappa shape index (κ3) is 6.57. The Labute approximate surface area is 194 Å². The van der Waals surface area contributed by atoms with Crippen LogP contribution in [0.2, 0.25) is 0 Å². The number of carbonyl (C=O) groups excluding carboxylic acids is 3. The Hall–Kier alpha value is -3.35. The minimum atomic E-state index is -1.61. The van der Waals surface area contributed by atoms with Crippen molar-refractivity contribution in [3.05, 3.63) is 71.8 Å². The molecular weight excluding hydrogens is 422 g/mol. The number of ether oxygens (including phenoxy) is 3. The van der Waals surface area contributed by atoms with Gasteiger partial charge in [0.2, 0.25) is 0 Å². The lowest BCUT2D eigenvalue weighted by Gasteiger charge is -2.39. The molecule has 1 saturated heterocycles. The monoisotopic (exact) mass is 453 g/mol. The van der Waals surface area contributed by atoms with Crippen LogP contribution in [0.1, 0.15) is 44.7 Å². The van der Waals surface area contributed by atoms with Crippen molar-refractivity contribution in [2.45, 2.75) is 52.4 Å². The Morgan fingerprint density at radius 1 is 0.848 bits per heavy atom. The van der Waals surface area contributed by atoms with E-state index in [1.165, 1.54) is 4.90 Å². The van der Waals surface area contributed by atoms with Crippen LogP contribution in [0.25, 0.3) is 0 Å². The molecule has 0 unspecified atom stereocenters. The van der Waals surface area contributed by atoms with Gasteiger partial charge in [-0.3, -0.25) is 9.59 Å². The summed E-state index contributed by atoms with van der Waals surface area (Å²) >= 11 is 0. The zero-order valence-corrected chi connectivity index (χ0v) is 19.4. The third-order valence-corrected chi connectivity index (χ3v) is 5.35. The Morgan fingerprint density at radius 3 is 1.79 bits per heavy atom.